The zero-order chi connectivity index (χ0) is 23.4. The average molecular weight is 514 g/mol. The van der Waals surface area contributed by atoms with Crippen LogP contribution >= 0.6 is 15.9 Å². The van der Waals surface area contributed by atoms with Gasteiger partial charge in [0.15, 0.2) is 0 Å². The minimum absolute atomic E-state index is 0.237. The fourth-order valence-corrected chi connectivity index (χ4v) is 3.01. The zero-order valence-corrected chi connectivity index (χ0v) is 17.8. The van der Waals surface area contributed by atoms with Gasteiger partial charge in [-0.25, -0.2) is 4.99 Å². The van der Waals surface area contributed by atoms with Crippen LogP contribution in [0.2, 0.25) is 0 Å². The number of nitrogens with one attached hydrogen (secondary N) is 2. The number of halogens is 7. The van der Waals surface area contributed by atoms with Gasteiger partial charge in [-0.3, -0.25) is 0 Å². The van der Waals surface area contributed by atoms with E-state index >= 15 is 0 Å². The largest absolute Gasteiger partial charge is 0.416 e. The number of hydrogen-bond acceptors (Lipinski definition) is 1. The van der Waals surface area contributed by atoms with Crippen molar-refractivity contribution < 1.29 is 31.3 Å². The molecule has 2 nitrogen and oxygen atoms in total. The first-order chi connectivity index (χ1) is 15.0. The molecule has 0 aromatic heterocycles. The van der Waals surface area contributed by atoms with E-state index in [1.54, 1.807) is 30.3 Å². The summed E-state index contributed by atoms with van der Waals surface area (Å²) < 4.78 is 77.9. The van der Waals surface area contributed by atoms with E-state index in [4.69, 9.17) is 0 Å². The van der Waals surface area contributed by atoms with Crippen molar-refractivity contribution in [3.63, 3.8) is 0 Å². The van der Waals surface area contributed by atoms with Crippen molar-refractivity contribution in [2.45, 2.75) is 12.4 Å². The third-order valence-corrected chi connectivity index (χ3v) is 4.87. The van der Waals surface area contributed by atoms with Crippen molar-refractivity contribution in [1.82, 2.24) is 0 Å². The van der Waals surface area contributed by atoms with Crippen molar-refractivity contribution in [3.8, 4) is 0 Å². The van der Waals surface area contributed by atoms with Crippen LogP contribution in [0, 0.1) is 0 Å². The minimum Gasteiger partial charge on any atom is -0.361 e. The molecule has 9 heteroatoms. The van der Waals surface area contributed by atoms with Crippen LogP contribution in [0.5, 0.6) is 0 Å². The molecule has 166 valence electrons. The molecule has 3 aromatic rings. The van der Waals surface area contributed by atoms with Crippen LogP contribution < -0.4 is 10.3 Å². The summed E-state index contributed by atoms with van der Waals surface area (Å²) in [5.74, 6) is 0. The molecule has 0 unspecified atom stereocenters. The van der Waals surface area contributed by atoms with E-state index in [1.807, 2.05) is 0 Å². The highest BCUT2D eigenvalue weighted by atomic mass is 79.9. The smallest absolute Gasteiger partial charge is 0.361 e. The van der Waals surface area contributed by atoms with E-state index in [2.05, 4.69) is 26.2 Å². The standard InChI is InChI=1S/C23H15BrF6N2/c24-18-8-4-15(5-9-18)21(32-19-10-6-16(7-11-19)22(25,26)27)12-13-31-20-3-1-2-17(14-20)23(28,29)30/h1-14,31H/p+1. The zero-order valence-electron chi connectivity index (χ0n) is 16.2. The predicted octanol–water partition coefficient (Wildman–Crippen LogP) is 6.31. The van der Waals surface area contributed by atoms with Gasteiger partial charge < -0.3 is 5.32 Å². The first-order valence-electron chi connectivity index (χ1n) is 9.20. The molecular formula is C23H16BrF6N2+. The molecule has 3 aromatic carbocycles. The maximum absolute atomic E-state index is 12.9. The molecule has 0 heterocycles. The maximum Gasteiger partial charge on any atom is 0.416 e. The molecule has 0 saturated heterocycles. The van der Waals surface area contributed by atoms with Crippen LogP contribution in [0.3, 0.4) is 0 Å². The third kappa shape index (κ3) is 6.46. The van der Waals surface area contributed by atoms with Crippen LogP contribution in [0.15, 0.2) is 89.5 Å². The predicted molar refractivity (Wildman–Crippen MR) is 115 cm³/mol. The summed E-state index contributed by atoms with van der Waals surface area (Å²) in [5.41, 5.74) is 0.346. The minimum atomic E-state index is -4.46. The van der Waals surface area contributed by atoms with Crippen molar-refractivity contribution in [2.75, 3.05) is 5.32 Å². The molecule has 0 radical (unpaired) electrons. The van der Waals surface area contributed by atoms with Gasteiger partial charge in [-0.1, -0.05) is 22.0 Å². The SMILES string of the molecule is FC(F)(F)c1ccc([NH+]=C(C=CNc2cccc(C(F)(F)F)c2)c2ccc(Br)cc2)cc1. The highest BCUT2D eigenvalue weighted by molar-refractivity contribution is 9.10. The second-order valence-electron chi connectivity index (χ2n) is 6.68. The average Bonchev–Trinajstić information content (AvgIpc) is 2.73. The molecule has 0 spiro atoms. The van der Waals surface area contributed by atoms with Gasteiger partial charge in [0.05, 0.1) is 11.1 Å². The normalized spacial score (nSPS) is 12.9. The van der Waals surface area contributed by atoms with Crippen LogP contribution in [0.25, 0.3) is 0 Å². The molecule has 0 aliphatic rings. The Balaban J connectivity index is 1.88. The molecule has 0 aliphatic carbocycles. The number of allylic oxidation sites excluding steroid dienone is 1. The van der Waals surface area contributed by atoms with Gasteiger partial charge in [0, 0.05) is 40.1 Å². The fourth-order valence-electron chi connectivity index (χ4n) is 2.74. The van der Waals surface area contributed by atoms with Gasteiger partial charge in [-0.2, -0.15) is 26.3 Å². The molecule has 32 heavy (non-hydrogen) atoms. The summed E-state index contributed by atoms with van der Waals surface area (Å²) in [4.78, 5) is 3.04. The third-order valence-electron chi connectivity index (χ3n) is 4.34. The number of anilines is 1. The van der Waals surface area contributed by atoms with Gasteiger partial charge in [0.2, 0.25) is 11.4 Å². The summed E-state index contributed by atoms with van der Waals surface area (Å²) in [6.45, 7) is 0. The Morgan fingerprint density at radius 3 is 2.00 bits per heavy atom. The Kier molecular flexibility index (Phi) is 7.08. The molecular weight excluding hydrogens is 498 g/mol. The van der Waals surface area contributed by atoms with Gasteiger partial charge in [-0.15, -0.1) is 0 Å². The van der Waals surface area contributed by atoms with Crippen molar-refractivity contribution in [3.05, 3.63) is 106 Å². The van der Waals surface area contributed by atoms with Crippen LogP contribution in [-0.4, -0.2) is 5.71 Å². The van der Waals surface area contributed by atoms with Crippen LogP contribution in [0.1, 0.15) is 16.7 Å². The number of rotatable bonds is 5. The second kappa shape index (κ2) is 9.60. The fraction of sp³-hybridized carbons (Fsp3) is 0.0870. The summed E-state index contributed by atoms with van der Waals surface area (Å²) in [6, 6.07) is 16.4. The van der Waals surface area contributed by atoms with E-state index < -0.39 is 23.5 Å². The molecule has 2 N–H and O–H groups in total. The highest BCUT2D eigenvalue weighted by Crippen LogP contribution is 2.31. The lowest BCUT2D eigenvalue weighted by Crippen LogP contribution is -2.66. The van der Waals surface area contributed by atoms with Gasteiger partial charge >= 0.3 is 12.4 Å². The Morgan fingerprint density at radius 2 is 1.41 bits per heavy atom. The lowest BCUT2D eigenvalue weighted by Gasteiger charge is -2.08. The Morgan fingerprint density at radius 1 is 0.781 bits per heavy atom. The molecule has 0 atom stereocenters. The summed E-state index contributed by atoms with van der Waals surface area (Å²) in [6.07, 6.45) is -5.86. The molecule has 0 amide bonds. The molecule has 0 fully saturated rings. The second-order valence-corrected chi connectivity index (χ2v) is 7.59. The molecule has 0 saturated carbocycles. The van der Waals surface area contributed by atoms with E-state index in [9.17, 15) is 26.3 Å². The molecule has 0 bridgehead atoms. The Hall–Kier alpha value is -3.07. The van der Waals surface area contributed by atoms with Crippen LogP contribution in [-0.2, 0) is 12.4 Å². The van der Waals surface area contributed by atoms with Gasteiger partial charge in [0.25, 0.3) is 0 Å². The first kappa shape index (κ1) is 23.6. The summed E-state index contributed by atoms with van der Waals surface area (Å²) in [7, 11) is 0. The summed E-state index contributed by atoms with van der Waals surface area (Å²) >= 11 is 3.34. The van der Waals surface area contributed by atoms with Crippen molar-refractivity contribution >= 4 is 33.0 Å². The Bertz CT molecular complexity index is 1110. The lowest BCUT2D eigenvalue weighted by molar-refractivity contribution is -0.351. The lowest BCUT2D eigenvalue weighted by atomic mass is 10.1. The van der Waals surface area contributed by atoms with Crippen LogP contribution in [0.4, 0.5) is 37.7 Å². The van der Waals surface area contributed by atoms with Crippen molar-refractivity contribution in [1.29, 1.82) is 0 Å². The number of hydrogen-bond donors (Lipinski definition) is 2. The highest BCUT2D eigenvalue weighted by Gasteiger charge is 2.31. The first-order valence-corrected chi connectivity index (χ1v) is 9.99. The number of benzene rings is 3. The van der Waals surface area contributed by atoms with E-state index in [0.29, 0.717) is 11.4 Å². The molecule has 0 aliphatic heterocycles. The Labute approximate surface area is 188 Å². The maximum atomic E-state index is 12.9. The number of alkyl halides is 6. The van der Waals surface area contributed by atoms with Gasteiger partial charge in [-0.05, 0) is 54.6 Å². The van der Waals surface area contributed by atoms with Crippen molar-refractivity contribution in [2.24, 2.45) is 0 Å². The van der Waals surface area contributed by atoms with E-state index in [-0.39, 0.29) is 5.69 Å². The summed E-state index contributed by atoms with van der Waals surface area (Å²) in [5, 5.41) is 2.78. The molecule has 3 rings (SSSR count). The van der Waals surface area contributed by atoms with E-state index in [1.165, 1.54) is 30.5 Å². The topological polar surface area (TPSA) is 26.0 Å². The quantitative estimate of drug-likeness (QED) is 0.303. The monoisotopic (exact) mass is 513 g/mol. The van der Waals surface area contributed by atoms with Gasteiger partial charge in [0.1, 0.15) is 0 Å². The van der Waals surface area contributed by atoms with E-state index in [0.717, 1.165) is 34.3 Å².